The number of benzene rings is 2. The quantitative estimate of drug-likeness (QED) is 0.654. The molecule has 0 unspecified atom stereocenters. The highest BCUT2D eigenvalue weighted by Crippen LogP contribution is 2.46. The summed E-state index contributed by atoms with van der Waals surface area (Å²) >= 11 is 0. The molecule has 194 valence electrons. The molecular formula is C27H29FN4O5. The topological polar surface area (TPSA) is 108 Å². The minimum atomic E-state index is -1.47. The fraction of sp³-hybridized carbons (Fsp3) is 0.407. The van der Waals surface area contributed by atoms with Crippen molar-refractivity contribution in [1.29, 1.82) is 0 Å². The largest absolute Gasteiger partial charge is 0.427 e. The lowest BCUT2D eigenvalue weighted by Gasteiger charge is -2.31. The molecule has 2 fully saturated rings. The van der Waals surface area contributed by atoms with Gasteiger partial charge < -0.3 is 20.3 Å². The average molecular weight is 509 g/mol. The first kappa shape index (κ1) is 24.7. The van der Waals surface area contributed by atoms with Gasteiger partial charge in [-0.1, -0.05) is 12.1 Å². The Morgan fingerprint density at radius 1 is 1.16 bits per heavy atom. The molecule has 2 aliphatic heterocycles. The summed E-state index contributed by atoms with van der Waals surface area (Å²) in [6.07, 6.45) is 1.37. The van der Waals surface area contributed by atoms with Gasteiger partial charge in [0.1, 0.15) is 12.4 Å². The van der Waals surface area contributed by atoms with Crippen molar-refractivity contribution >= 4 is 29.6 Å². The average Bonchev–Trinajstić information content (AvgIpc) is 3.49. The van der Waals surface area contributed by atoms with Crippen LogP contribution in [-0.2, 0) is 26.3 Å². The maximum absolute atomic E-state index is 13.7. The van der Waals surface area contributed by atoms with Crippen LogP contribution in [0.5, 0.6) is 0 Å². The van der Waals surface area contributed by atoms with Crippen LogP contribution in [0.15, 0.2) is 36.4 Å². The molecule has 0 aromatic heterocycles. The number of carbonyl (C=O) groups is 4. The van der Waals surface area contributed by atoms with Crippen LogP contribution >= 0.6 is 0 Å². The number of urea groups is 1. The SMILES string of the molecule is CNC(=O)Nc1ccc2c(c1)CC[C@@]21OC(=O)N(CC(=O)N2[C@@H](C)CC[C@H]2c2ccc(F)cc2C)C1=O. The first-order valence-corrected chi connectivity index (χ1v) is 12.4. The fourth-order valence-electron chi connectivity index (χ4n) is 5.86. The number of carbonyl (C=O) groups excluding carboxylic acids is 4. The Morgan fingerprint density at radius 3 is 2.68 bits per heavy atom. The van der Waals surface area contributed by atoms with E-state index in [1.165, 1.54) is 19.2 Å². The van der Waals surface area contributed by atoms with E-state index in [1.807, 2.05) is 13.8 Å². The summed E-state index contributed by atoms with van der Waals surface area (Å²) in [4.78, 5) is 54.2. The normalized spacial score (nSPS) is 24.4. The van der Waals surface area contributed by atoms with Crippen LogP contribution in [0.3, 0.4) is 0 Å². The number of imide groups is 1. The number of aryl methyl sites for hydroxylation is 2. The van der Waals surface area contributed by atoms with E-state index in [0.717, 1.165) is 28.0 Å². The summed E-state index contributed by atoms with van der Waals surface area (Å²) in [6.45, 7) is 3.31. The summed E-state index contributed by atoms with van der Waals surface area (Å²) in [5.41, 5.74) is 2.06. The molecule has 3 atom stereocenters. The highest BCUT2D eigenvalue weighted by atomic mass is 19.1. The Bertz CT molecular complexity index is 1310. The van der Waals surface area contributed by atoms with Crippen LogP contribution < -0.4 is 10.6 Å². The van der Waals surface area contributed by atoms with Crippen LogP contribution in [0.25, 0.3) is 0 Å². The number of hydrogen-bond donors (Lipinski definition) is 2. The third-order valence-electron chi connectivity index (χ3n) is 7.68. The van der Waals surface area contributed by atoms with Crippen molar-refractivity contribution in [3.05, 3.63) is 64.5 Å². The highest BCUT2D eigenvalue weighted by Gasteiger charge is 2.58. The zero-order valence-electron chi connectivity index (χ0n) is 21.0. The third-order valence-corrected chi connectivity index (χ3v) is 7.68. The van der Waals surface area contributed by atoms with Crippen LogP contribution in [0, 0.1) is 12.7 Å². The van der Waals surface area contributed by atoms with Crippen LogP contribution in [0.1, 0.15) is 54.5 Å². The fourth-order valence-corrected chi connectivity index (χ4v) is 5.86. The van der Waals surface area contributed by atoms with Gasteiger partial charge in [0.2, 0.25) is 11.5 Å². The third kappa shape index (κ3) is 4.10. The van der Waals surface area contributed by atoms with Gasteiger partial charge in [0, 0.05) is 30.8 Å². The second-order valence-electron chi connectivity index (χ2n) is 9.91. The lowest BCUT2D eigenvalue weighted by Crippen LogP contribution is -2.46. The van der Waals surface area contributed by atoms with Crippen molar-refractivity contribution in [2.45, 2.75) is 57.2 Å². The van der Waals surface area contributed by atoms with Crippen molar-refractivity contribution < 1.29 is 28.3 Å². The monoisotopic (exact) mass is 508 g/mol. The number of nitrogens with zero attached hydrogens (tertiary/aromatic N) is 2. The number of anilines is 1. The van der Waals surface area contributed by atoms with E-state index in [-0.39, 0.29) is 36.3 Å². The lowest BCUT2D eigenvalue weighted by molar-refractivity contribution is -0.143. The second-order valence-corrected chi connectivity index (χ2v) is 9.91. The van der Waals surface area contributed by atoms with Gasteiger partial charge in [-0.15, -0.1) is 0 Å². The second kappa shape index (κ2) is 9.17. The predicted octanol–water partition coefficient (Wildman–Crippen LogP) is 3.76. The molecule has 2 aromatic carbocycles. The Balaban J connectivity index is 1.36. The number of rotatable bonds is 4. The summed E-state index contributed by atoms with van der Waals surface area (Å²) in [5, 5.41) is 5.17. The number of fused-ring (bicyclic) bond motifs is 2. The van der Waals surface area contributed by atoms with Crippen molar-refractivity contribution in [2.75, 3.05) is 18.9 Å². The van der Waals surface area contributed by atoms with E-state index >= 15 is 0 Å². The molecule has 1 spiro atoms. The summed E-state index contributed by atoms with van der Waals surface area (Å²) in [7, 11) is 1.51. The molecule has 1 aliphatic carbocycles. The van der Waals surface area contributed by atoms with E-state index in [9.17, 15) is 23.6 Å². The molecule has 0 saturated carbocycles. The molecule has 3 aliphatic rings. The molecule has 9 nitrogen and oxygen atoms in total. The van der Waals surface area contributed by atoms with E-state index in [4.69, 9.17) is 4.74 Å². The van der Waals surface area contributed by atoms with Gasteiger partial charge in [0.25, 0.3) is 5.91 Å². The zero-order valence-corrected chi connectivity index (χ0v) is 21.0. The lowest BCUT2D eigenvalue weighted by atomic mass is 9.94. The summed E-state index contributed by atoms with van der Waals surface area (Å²) in [5.74, 6) is -1.25. The van der Waals surface area contributed by atoms with Gasteiger partial charge in [-0.3, -0.25) is 9.59 Å². The van der Waals surface area contributed by atoms with E-state index in [0.29, 0.717) is 24.1 Å². The Labute approximate surface area is 213 Å². The number of nitrogens with one attached hydrogen (secondary N) is 2. The molecule has 5 amide bonds. The predicted molar refractivity (Wildman–Crippen MR) is 132 cm³/mol. The van der Waals surface area contributed by atoms with E-state index < -0.39 is 24.1 Å². The Kier molecular flexibility index (Phi) is 6.13. The van der Waals surface area contributed by atoms with Crippen LogP contribution in [-0.4, -0.2) is 53.4 Å². The number of ether oxygens (including phenoxy) is 1. The Hall–Kier alpha value is -3.95. The smallest absolute Gasteiger partial charge is 0.418 e. The van der Waals surface area contributed by atoms with Gasteiger partial charge >= 0.3 is 12.1 Å². The zero-order chi connectivity index (χ0) is 26.5. The van der Waals surface area contributed by atoms with Crippen molar-refractivity contribution in [2.24, 2.45) is 0 Å². The van der Waals surface area contributed by atoms with E-state index in [2.05, 4.69) is 10.6 Å². The molecule has 2 heterocycles. The maximum Gasteiger partial charge on any atom is 0.418 e. The minimum Gasteiger partial charge on any atom is -0.427 e. The van der Waals surface area contributed by atoms with Gasteiger partial charge in [-0.2, -0.15) is 0 Å². The van der Waals surface area contributed by atoms with E-state index in [1.54, 1.807) is 29.2 Å². The molecule has 2 N–H and O–H groups in total. The first-order valence-electron chi connectivity index (χ1n) is 12.4. The van der Waals surface area contributed by atoms with Gasteiger partial charge in [0.05, 0.1) is 6.04 Å². The van der Waals surface area contributed by atoms with Gasteiger partial charge in [0.15, 0.2) is 0 Å². The number of halogens is 1. The highest BCUT2D eigenvalue weighted by molar-refractivity contribution is 6.06. The molecule has 10 heteroatoms. The molecule has 2 saturated heterocycles. The Morgan fingerprint density at radius 2 is 1.95 bits per heavy atom. The van der Waals surface area contributed by atoms with Crippen molar-refractivity contribution in [1.82, 2.24) is 15.1 Å². The first-order chi connectivity index (χ1) is 17.6. The molecule has 5 rings (SSSR count). The molecule has 37 heavy (non-hydrogen) atoms. The maximum atomic E-state index is 13.7. The van der Waals surface area contributed by atoms with Crippen molar-refractivity contribution in [3.63, 3.8) is 0 Å². The summed E-state index contributed by atoms with van der Waals surface area (Å²) in [6, 6.07) is 8.89. The molecular weight excluding hydrogens is 479 g/mol. The van der Waals surface area contributed by atoms with Gasteiger partial charge in [-0.05, 0) is 74.1 Å². The molecule has 0 bridgehead atoms. The van der Waals surface area contributed by atoms with Crippen LogP contribution in [0.2, 0.25) is 0 Å². The van der Waals surface area contributed by atoms with Gasteiger partial charge in [-0.25, -0.2) is 18.9 Å². The number of likely N-dealkylation sites (tertiary alicyclic amines) is 1. The standard InChI is InChI=1S/C27H29FN4O5/c1-15-12-18(28)5-7-20(15)22-9-4-16(2)32(22)23(33)14-31-24(34)27(37-26(31)36)11-10-17-13-19(6-8-21(17)27)30-25(35)29-3/h5-8,12-13,16,22H,4,9-11,14H2,1-3H3,(H2,29,30,35)/t16-,22-,27+/m0/s1. The molecule has 2 aromatic rings. The minimum absolute atomic E-state index is 0.0944. The molecule has 0 radical (unpaired) electrons. The number of hydrogen-bond acceptors (Lipinski definition) is 5. The summed E-state index contributed by atoms with van der Waals surface area (Å²) < 4.78 is 19.3. The number of amides is 5. The van der Waals surface area contributed by atoms with Crippen LogP contribution in [0.4, 0.5) is 19.7 Å². The van der Waals surface area contributed by atoms with Crippen molar-refractivity contribution in [3.8, 4) is 0 Å².